The lowest BCUT2D eigenvalue weighted by molar-refractivity contribution is 0.312. The van der Waals surface area contributed by atoms with Gasteiger partial charge in [0.05, 0.1) is 12.2 Å². The minimum atomic E-state index is 0.757. The predicted octanol–water partition coefficient (Wildman–Crippen LogP) is 3.18. The van der Waals surface area contributed by atoms with E-state index in [1.165, 1.54) is 16.8 Å². The van der Waals surface area contributed by atoms with Gasteiger partial charge in [-0.1, -0.05) is 42.5 Å². The van der Waals surface area contributed by atoms with Crippen molar-refractivity contribution < 1.29 is 4.74 Å². The van der Waals surface area contributed by atoms with E-state index < -0.39 is 0 Å². The van der Waals surface area contributed by atoms with Gasteiger partial charge < -0.3 is 9.64 Å². The number of para-hydroxylation sites is 1. The van der Waals surface area contributed by atoms with Crippen molar-refractivity contribution in [2.24, 2.45) is 0 Å². The number of hydrogen-bond acceptors (Lipinski definition) is 2. The zero-order chi connectivity index (χ0) is 11.7. The zero-order valence-electron chi connectivity index (χ0n) is 9.89. The van der Waals surface area contributed by atoms with Gasteiger partial charge in [0.1, 0.15) is 12.4 Å². The summed E-state index contributed by atoms with van der Waals surface area (Å²) in [5.41, 5.74) is 3.56. The molecule has 2 aromatic rings. The molecule has 1 aliphatic heterocycles. The molecule has 0 amide bonds. The topological polar surface area (TPSA) is 12.5 Å². The second-order valence-corrected chi connectivity index (χ2v) is 4.29. The highest BCUT2D eigenvalue weighted by Crippen LogP contribution is 2.39. The maximum absolute atomic E-state index is 5.84. The van der Waals surface area contributed by atoms with Gasteiger partial charge in [-0.15, -0.1) is 0 Å². The largest absolute Gasteiger partial charge is 0.489 e. The first kappa shape index (κ1) is 10.2. The molecule has 0 aliphatic carbocycles. The molecular formula is C15H15NO. The molecule has 2 nitrogen and oxygen atoms in total. The molecule has 2 heteroatoms. The molecule has 0 bridgehead atoms. The first-order valence-corrected chi connectivity index (χ1v) is 5.88. The summed E-state index contributed by atoms with van der Waals surface area (Å²) in [6.45, 7) is 1.71. The average Bonchev–Trinajstić information content (AvgIpc) is 2.40. The molecule has 0 saturated heterocycles. The number of benzene rings is 2. The maximum atomic E-state index is 5.84. The molecule has 0 radical (unpaired) electrons. The minimum Gasteiger partial charge on any atom is -0.489 e. The van der Waals surface area contributed by atoms with Crippen molar-refractivity contribution in [2.75, 3.05) is 25.1 Å². The Morgan fingerprint density at radius 1 is 1.00 bits per heavy atom. The molecule has 0 spiro atoms. The lowest BCUT2D eigenvalue weighted by atomic mass is 10.0. The van der Waals surface area contributed by atoms with Crippen LogP contribution in [-0.2, 0) is 0 Å². The van der Waals surface area contributed by atoms with Gasteiger partial charge in [0.2, 0.25) is 0 Å². The molecular weight excluding hydrogens is 210 g/mol. The van der Waals surface area contributed by atoms with Crippen LogP contribution in [-0.4, -0.2) is 20.2 Å². The van der Waals surface area contributed by atoms with Gasteiger partial charge in [-0.05, 0) is 11.6 Å². The highest BCUT2D eigenvalue weighted by atomic mass is 16.5. The Kier molecular flexibility index (Phi) is 2.48. The number of hydrogen-bond donors (Lipinski definition) is 0. The van der Waals surface area contributed by atoms with E-state index in [-0.39, 0.29) is 0 Å². The van der Waals surface area contributed by atoms with Crippen LogP contribution in [0.4, 0.5) is 5.69 Å². The third-order valence-electron chi connectivity index (χ3n) is 3.16. The van der Waals surface area contributed by atoms with Crippen LogP contribution in [0.5, 0.6) is 5.75 Å². The Labute approximate surface area is 101 Å². The van der Waals surface area contributed by atoms with Crippen molar-refractivity contribution >= 4 is 5.69 Å². The second-order valence-electron chi connectivity index (χ2n) is 4.29. The van der Waals surface area contributed by atoms with Crippen molar-refractivity contribution in [1.82, 2.24) is 0 Å². The summed E-state index contributed by atoms with van der Waals surface area (Å²) < 4.78 is 5.84. The van der Waals surface area contributed by atoms with E-state index in [2.05, 4.69) is 54.4 Å². The number of likely N-dealkylation sites (N-methyl/N-ethyl adjacent to an activating group) is 1. The first-order valence-electron chi connectivity index (χ1n) is 5.88. The van der Waals surface area contributed by atoms with E-state index in [1.807, 2.05) is 6.07 Å². The van der Waals surface area contributed by atoms with Crippen LogP contribution in [0, 0.1) is 0 Å². The fraction of sp³-hybridized carbons (Fsp3) is 0.200. The highest BCUT2D eigenvalue weighted by Gasteiger charge is 2.18. The summed E-state index contributed by atoms with van der Waals surface area (Å²) in [7, 11) is 2.11. The molecule has 0 saturated carbocycles. The SMILES string of the molecule is CN1CCOc2c(-c3ccccc3)cccc21. The Morgan fingerprint density at radius 3 is 2.65 bits per heavy atom. The van der Waals surface area contributed by atoms with Crippen LogP contribution in [0.1, 0.15) is 0 Å². The lowest BCUT2D eigenvalue weighted by Crippen LogP contribution is -2.28. The highest BCUT2D eigenvalue weighted by molar-refractivity contribution is 5.79. The van der Waals surface area contributed by atoms with Gasteiger partial charge in [-0.3, -0.25) is 0 Å². The van der Waals surface area contributed by atoms with E-state index in [9.17, 15) is 0 Å². The molecule has 3 rings (SSSR count). The number of ether oxygens (including phenoxy) is 1. The molecule has 2 aromatic carbocycles. The quantitative estimate of drug-likeness (QED) is 0.739. The zero-order valence-corrected chi connectivity index (χ0v) is 9.89. The van der Waals surface area contributed by atoms with Crippen LogP contribution >= 0.6 is 0 Å². The van der Waals surface area contributed by atoms with Crippen LogP contribution in [0.3, 0.4) is 0 Å². The monoisotopic (exact) mass is 225 g/mol. The standard InChI is InChI=1S/C15H15NO/c1-16-10-11-17-15-13(8-5-9-14(15)16)12-6-3-2-4-7-12/h2-9H,10-11H2,1H3. The summed E-state index contributed by atoms with van der Waals surface area (Å²) in [6.07, 6.45) is 0. The molecule has 1 heterocycles. The first-order chi connectivity index (χ1) is 8.36. The smallest absolute Gasteiger partial charge is 0.150 e. The van der Waals surface area contributed by atoms with E-state index in [0.717, 1.165) is 18.9 Å². The molecule has 1 aliphatic rings. The average molecular weight is 225 g/mol. The molecule has 0 N–H and O–H groups in total. The van der Waals surface area contributed by atoms with Gasteiger partial charge in [0.25, 0.3) is 0 Å². The maximum Gasteiger partial charge on any atom is 0.150 e. The third-order valence-corrected chi connectivity index (χ3v) is 3.16. The van der Waals surface area contributed by atoms with Crippen LogP contribution in [0.15, 0.2) is 48.5 Å². The van der Waals surface area contributed by atoms with Gasteiger partial charge in [-0.2, -0.15) is 0 Å². The Balaban J connectivity index is 2.16. The van der Waals surface area contributed by atoms with Crippen molar-refractivity contribution in [2.45, 2.75) is 0 Å². The van der Waals surface area contributed by atoms with E-state index in [1.54, 1.807) is 0 Å². The van der Waals surface area contributed by atoms with Crippen molar-refractivity contribution in [3.05, 3.63) is 48.5 Å². The van der Waals surface area contributed by atoms with Gasteiger partial charge in [-0.25, -0.2) is 0 Å². The number of fused-ring (bicyclic) bond motifs is 1. The summed E-state index contributed by atoms with van der Waals surface area (Å²) in [6, 6.07) is 16.7. The number of anilines is 1. The summed E-state index contributed by atoms with van der Waals surface area (Å²) in [4.78, 5) is 2.24. The van der Waals surface area contributed by atoms with Gasteiger partial charge in [0.15, 0.2) is 0 Å². The number of nitrogens with zero attached hydrogens (tertiary/aromatic N) is 1. The minimum absolute atomic E-state index is 0.757. The molecule has 0 atom stereocenters. The summed E-state index contributed by atoms with van der Waals surface area (Å²) in [5, 5.41) is 0. The fourth-order valence-corrected chi connectivity index (χ4v) is 2.23. The van der Waals surface area contributed by atoms with Crippen LogP contribution < -0.4 is 9.64 Å². The Bertz CT molecular complexity index is 522. The Hall–Kier alpha value is -1.96. The Morgan fingerprint density at radius 2 is 1.82 bits per heavy atom. The van der Waals surface area contributed by atoms with Crippen molar-refractivity contribution in [1.29, 1.82) is 0 Å². The van der Waals surface area contributed by atoms with E-state index in [4.69, 9.17) is 4.74 Å². The molecule has 0 fully saturated rings. The van der Waals surface area contributed by atoms with Gasteiger partial charge in [0, 0.05) is 12.6 Å². The predicted molar refractivity (Wildman–Crippen MR) is 70.6 cm³/mol. The summed E-state index contributed by atoms with van der Waals surface area (Å²) in [5.74, 6) is 1.01. The van der Waals surface area contributed by atoms with Crippen LogP contribution in [0.2, 0.25) is 0 Å². The van der Waals surface area contributed by atoms with Crippen molar-refractivity contribution in [3.63, 3.8) is 0 Å². The van der Waals surface area contributed by atoms with Crippen molar-refractivity contribution in [3.8, 4) is 16.9 Å². The normalized spacial score (nSPS) is 14.1. The van der Waals surface area contributed by atoms with Crippen LogP contribution in [0.25, 0.3) is 11.1 Å². The lowest BCUT2D eigenvalue weighted by Gasteiger charge is -2.29. The third kappa shape index (κ3) is 1.76. The van der Waals surface area contributed by atoms with E-state index in [0.29, 0.717) is 0 Å². The fourth-order valence-electron chi connectivity index (χ4n) is 2.23. The van der Waals surface area contributed by atoms with Gasteiger partial charge >= 0.3 is 0 Å². The molecule has 17 heavy (non-hydrogen) atoms. The van der Waals surface area contributed by atoms with E-state index >= 15 is 0 Å². The molecule has 0 unspecified atom stereocenters. The number of rotatable bonds is 1. The summed E-state index contributed by atoms with van der Waals surface area (Å²) >= 11 is 0. The second kappa shape index (κ2) is 4.13. The molecule has 0 aromatic heterocycles. The molecule has 86 valence electrons.